The summed E-state index contributed by atoms with van der Waals surface area (Å²) in [6.07, 6.45) is 1.21. The average molecular weight is 364 g/mol. The summed E-state index contributed by atoms with van der Waals surface area (Å²) in [6.45, 7) is 0.283. The molecular weight excluding hydrogens is 353 g/mol. The van der Waals surface area contributed by atoms with Gasteiger partial charge in [-0.05, 0) is 25.0 Å². The molecule has 0 saturated carbocycles. The van der Waals surface area contributed by atoms with Crippen LogP contribution in [0, 0.1) is 0 Å². The molecule has 2 heterocycles. The fourth-order valence-corrected chi connectivity index (χ4v) is 4.86. The van der Waals surface area contributed by atoms with Crippen LogP contribution >= 0.6 is 23.2 Å². The molecule has 0 unspecified atom stereocenters. The lowest BCUT2D eigenvalue weighted by Crippen LogP contribution is -2.31. The van der Waals surface area contributed by atoms with Crippen LogP contribution in [-0.4, -0.2) is 45.0 Å². The third-order valence-corrected chi connectivity index (χ3v) is 5.87. The Morgan fingerprint density at radius 3 is 2.82 bits per heavy atom. The molecule has 0 radical (unpaired) electrons. The Morgan fingerprint density at radius 1 is 1.36 bits per heavy atom. The van der Waals surface area contributed by atoms with Gasteiger partial charge >= 0.3 is 0 Å². The largest absolute Gasteiger partial charge is 0.505 e. The van der Waals surface area contributed by atoms with Crippen molar-refractivity contribution < 1.29 is 13.5 Å². The summed E-state index contributed by atoms with van der Waals surface area (Å²) < 4.78 is 26.9. The van der Waals surface area contributed by atoms with Crippen LogP contribution in [0.3, 0.4) is 0 Å². The Morgan fingerprint density at radius 2 is 2.14 bits per heavy atom. The fourth-order valence-electron chi connectivity index (χ4n) is 2.46. The highest BCUT2D eigenvalue weighted by atomic mass is 35.5. The zero-order valence-corrected chi connectivity index (χ0v) is 13.4. The van der Waals surface area contributed by atoms with Gasteiger partial charge in [0, 0.05) is 11.6 Å². The molecule has 1 aromatic heterocycles. The minimum atomic E-state index is -4.00. The van der Waals surface area contributed by atoms with Crippen LogP contribution in [0.15, 0.2) is 17.0 Å². The summed E-state index contributed by atoms with van der Waals surface area (Å²) in [7, 11) is -4.00. The number of aromatic amines is 1. The van der Waals surface area contributed by atoms with Crippen molar-refractivity contribution >= 4 is 33.2 Å². The van der Waals surface area contributed by atoms with Gasteiger partial charge in [0.2, 0.25) is 10.0 Å². The van der Waals surface area contributed by atoms with Gasteiger partial charge in [0.1, 0.15) is 4.90 Å². The van der Waals surface area contributed by atoms with Gasteiger partial charge in [-0.2, -0.15) is 9.52 Å². The predicted octanol–water partition coefficient (Wildman–Crippen LogP) is 1.74. The van der Waals surface area contributed by atoms with E-state index < -0.39 is 21.8 Å². The van der Waals surface area contributed by atoms with E-state index in [1.165, 1.54) is 16.4 Å². The van der Waals surface area contributed by atoms with E-state index in [-0.39, 0.29) is 27.3 Å². The average Bonchev–Trinajstić information content (AvgIpc) is 3.11. The number of benzene rings is 1. The lowest BCUT2D eigenvalue weighted by molar-refractivity contribution is 0.379. The van der Waals surface area contributed by atoms with E-state index in [4.69, 9.17) is 23.2 Å². The number of hydrogen-bond acceptors (Lipinski definition) is 6. The number of tetrazole rings is 1. The number of sulfonamides is 1. The topological polar surface area (TPSA) is 112 Å². The zero-order valence-electron chi connectivity index (χ0n) is 11.1. The van der Waals surface area contributed by atoms with Gasteiger partial charge in [-0.25, -0.2) is 8.42 Å². The van der Waals surface area contributed by atoms with Crippen molar-refractivity contribution in [3.63, 3.8) is 0 Å². The molecule has 0 spiro atoms. The second-order valence-electron chi connectivity index (χ2n) is 4.78. The molecule has 11 heteroatoms. The van der Waals surface area contributed by atoms with Crippen molar-refractivity contribution in [1.82, 2.24) is 24.9 Å². The van der Waals surface area contributed by atoms with Crippen LogP contribution in [-0.2, 0) is 10.0 Å². The van der Waals surface area contributed by atoms with Gasteiger partial charge in [0.15, 0.2) is 11.6 Å². The molecule has 2 aromatic rings. The van der Waals surface area contributed by atoms with Crippen LogP contribution in [0.2, 0.25) is 10.0 Å². The monoisotopic (exact) mass is 363 g/mol. The molecule has 2 N–H and O–H groups in total. The van der Waals surface area contributed by atoms with E-state index in [0.29, 0.717) is 12.8 Å². The second kappa shape index (κ2) is 5.65. The maximum Gasteiger partial charge on any atom is 0.247 e. The second-order valence-corrected chi connectivity index (χ2v) is 7.48. The van der Waals surface area contributed by atoms with E-state index in [2.05, 4.69) is 20.6 Å². The predicted molar refractivity (Wildman–Crippen MR) is 78.2 cm³/mol. The first-order valence-electron chi connectivity index (χ1n) is 6.34. The highest BCUT2D eigenvalue weighted by Gasteiger charge is 2.40. The Bertz CT molecular complexity index is 796. The molecule has 1 atom stereocenters. The molecular formula is C11H11Cl2N5O3S. The van der Waals surface area contributed by atoms with E-state index in [9.17, 15) is 13.5 Å². The van der Waals surface area contributed by atoms with Crippen LogP contribution < -0.4 is 0 Å². The molecule has 0 aliphatic carbocycles. The normalized spacial score (nSPS) is 19.6. The number of nitrogens with zero attached hydrogens (tertiary/aromatic N) is 4. The first kappa shape index (κ1) is 15.5. The molecule has 3 rings (SSSR count). The van der Waals surface area contributed by atoms with E-state index in [1.807, 2.05) is 0 Å². The fraction of sp³-hybridized carbons (Fsp3) is 0.364. The number of aromatic hydroxyl groups is 1. The first-order chi connectivity index (χ1) is 10.4. The van der Waals surface area contributed by atoms with Crippen molar-refractivity contribution in [2.24, 2.45) is 0 Å². The summed E-state index contributed by atoms with van der Waals surface area (Å²) in [6, 6.07) is 1.91. The van der Waals surface area contributed by atoms with Crippen molar-refractivity contribution in [2.45, 2.75) is 23.8 Å². The van der Waals surface area contributed by atoms with Crippen molar-refractivity contribution in [1.29, 1.82) is 0 Å². The molecule has 0 amide bonds. The number of nitrogens with one attached hydrogen (secondary N) is 1. The van der Waals surface area contributed by atoms with Gasteiger partial charge < -0.3 is 5.11 Å². The molecule has 8 nitrogen and oxygen atoms in total. The zero-order chi connectivity index (χ0) is 15.9. The highest BCUT2D eigenvalue weighted by molar-refractivity contribution is 7.89. The van der Waals surface area contributed by atoms with Crippen molar-refractivity contribution in [3.05, 3.63) is 28.0 Å². The van der Waals surface area contributed by atoms with Gasteiger partial charge in [-0.3, -0.25) is 0 Å². The summed E-state index contributed by atoms with van der Waals surface area (Å²) in [5.74, 6) is -0.237. The molecule has 1 aliphatic heterocycles. The number of rotatable bonds is 3. The van der Waals surface area contributed by atoms with Gasteiger partial charge in [0.25, 0.3) is 0 Å². The maximum absolute atomic E-state index is 12.8. The standard InChI is InChI=1S/C11H11Cl2N5O3S/c12-6-4-7(13)10(19)9(5-6)22(20,21)18-3-1-2-8(18)11-14-16-17-15-11/h4-5,8,19H,1-3H2,(H,14,15,16,17)/t8-/m0/s1. The van der Waals surface area contributed by atoms with Crippen molar-refractivity contribution in [3.8, 4) is 5.75 Å². The van der Waals surface area contributed by atoms with E-state index in [0.717, 1.165) is 0 Å². The highest BCUT2D eigenvalue weighted by Crippen LogP contribution is 2.40. The minimum Gasteiger partial charge on any atom is -0.505 e. The lowest BCUT2D eigenvalue weighted by atomic mass is 10.2. The summed E-state index contributed by atoms with van der Waals surface area (Å²) in [5, 5.41) is 23.4. The Balaban J connectivity index is 2.06. The van der Waals surface area contributed by atoms with E-state index in [1.54, 1.807) is 0 Å². The number of hydrogen-bond donors (Lipinski definition) is 2. The molecule has 1 aliphatic rings. The van der Waals surface area contributed by atoms with Crippen LogP contribution in [0.1, 0.15) is 24.7 Å². The summed E-state index contributed by atoms with van der Waals surface area (Å²) in [4.78, 5) is -0.333. The van der Waals surface area contributed by atoms with Gasteiger partial charge in [-0.15, -0.1) is 10.2 Å². The molecule has 0 bridgehead atoms. The molecule has 118 valence electrons. The molecule has 1 fully saturated rings. The Kier molecular flexibility index (Phi) is 3.98. The Hall–Kier alpha value is -1.42. The SMILES string of the molecule is O=S(=O)(c1cc(Cl)cc(Cl)c1O)N1CCC[C@H]1c1nn[nH]n1. The third-order valence-electron chi connectivity index (χ3n) is 3.44. The lowest BCUT2D eigenvalue weighted by Gasteiger charge is -2.22. The number of halogens is 2. The van der Waals surface area contributed by atoms with Crippen LogP contribution in [0.4, 0.5) is 0 Å². The number of aromatic nitrogens is 4. The molecule has 1 saturated heterocycles. The smallest absolute Gasteiger partial charge is 0.247 e. The molecule has 1 aromatic carbocycles. The Labute approximate surface area is 136 Å². The van der Waals surface area contributed by atoms with Gasteiger partial charge in [0.05, 0.1) is 11.1 Å². The van der Waals surface area contributed by atoms with Crippen molar-refractivity contribution in [2.75, 3.05) is 6.54 Å². The third kappa shape index (κ3) is 2.54. The van der Waals surface area contributed by atoms with E-state index >= 15 is 0 Å². The first-order valence-corrected chi connectivity index (χ1v) is 8.54. The number of phenolic OH excluding ortho intramolecular Hbond substituents is 1. The minimum absolute atomic E-state index is 0.122. The maximum atomic E-state index is 12.8. The molecule has 22 heavy (non-hydrogen) atoms. The quantitative estimate of drug-likeness (QED) is 0.858. The van der Waals surface area contributed by atoms with Crippen LogP contribution in [0.25, 0.3) is 0 Å². The summed E-state index contributed by atoms with van der Waals surface area (Å²) >= 11 is 11.7. The number of phenols is 1. The number of H-pyrrole nitrogens is 1. The summed E-state index contributed by atoms with van der Waals surface area (Å²) in [5.41, 5.74) is 0. The van der Waals surface area contributed by atoms with Crippen LogP contribution in [0.5, 0.6) is 5.75 Å². The van der Waals surface area contributed by atoms with Gasteiger partial charge in [-0.1, -0.05) is 28.4 Å².